The molecule has 21 heavy (non-hydrogen) atoms. The molecule has 0 unspecified atom stereocenters. The van der Waals surface area contributed by atoms with Crippen molar-refractivity contribution in [2.75, 3.05) is 12.4 Å². The molecule has 108 valence electrons. The summed E-state index contributed by atoms with van der Waals surface area (Å²) in [5.74, 6) is 1.55. The van der Waals surface area contributed by atoms with Crippen LogP contribution in [0.1, 0.15) is 5.82 Å². The Kier molecular flexibility index (Phi) is 4.50. The minimum atomic E-state index is -0.289. The van der Waals surface area contributed by atoms with E-state index in [9.17, 15) is 4.79 Å². The first-order chi connectivity index (χ1) is 10.1. The van der Waals surface area contributed by atoms with Crippen molar-refractivity contribution in [1.82, 2.24) is 9.97 Å². The van der Waals surface area contributed by atoms with Crippen LogP contribution in [0.4, 0.5) is 5.69 Å². The molecule has 2 aromatic rings. The molecule has 2 rings (SSSR count). The summed E-state index contributed by atoms with van der Waals surface area (Å²) < 4.78 is 10.8. The first-order valence-electron chi connectivity index (χ1n) is 6.21. The van der Waals surface area contributed by atoms with Crippen LogP contribution in [0.5, 0.6) is 17.4 Å². The summed E-state index contributed by atoms with van der Waals surface area (Å²) in [5.41, 5.74) is 0.599. The molecule has 0 fully saturated rings. The van der Waals surface area contributed by atoms with E-state index in [4.69, 9.17) is 9.47 Å². The van der Waals surface area contributed by atoms with E-state index in [1.54, 1.807) is 37.4 Å². The summed E-state index contributed by atoms with van der Waals surface area (Å²) in [6.45, 7) is 5.16. The standard InChI is InChI=1S/C15H15N3O3/c1-4-14(19)18-11-6-5-7-12(8-11)21-15-13(20-3)9-16-10(2)17-15/h4-9H,1H2,2-3H3,(H,18,19). The number of carbonyl (C=O) groups is 1. The molecule has 6 heteroatoms. The Labute approximate surface area is 122 Å². The highest BCUT2D eigenvalue weighted by Crippen LogP contribution is 2.29. The molecule has 6 nitrogen and oxygen atoms in total. The van der Waals surface area contributed by atoms with Gasteiger partial charge < -0.3 is 14.8 Å². The summed E-state index contributed by atoms with van der Waals surface area (Å²) in [5, 5.41) is 2.66. The van der Waals surface area contributed by atoms with Crippen LogP contribution in [-0.2, 0) is 4.79 Å². The molecule has 0 aliphatic rings. The molecule has 1 aromatic carbocycles. The number of aromatic nitrogens is 2. The normalized spacial score (nSPS) is 9.81. The van der Waals surface area contributed by atoms with Gasteiger partial charge in [0.05, 0.1) is 13.3 Å². The predicted octanol–water partition coefficient (Wildman–Crippen LogP) is 2.71. The first-order valence-corrected chi connectivity index (χ1v) is 6.21. The number of hydrogen-bond donors (Lipinski definition) is 1. The molecule has 0 atom stereocenters. The third-order valence-corrected chi connectivity index (χ3v) is 2.56. The minimum Gasteiger partial charge on any atom is -0.490 e. The van der Waals surface area contributed by atoms with Crippen molar-refractivity contribution in [2.45, 2.75) is 6.92 Å². The van der Waals surface area contributed by atoms with Crippen LogP contribution in [0.3, 0.4) is 0 Å². The molecule has 0 aliphatic heterocycles. The number of ether oxygens (including phenoxy) is 2. The number of methoxy groups -OCH3 is 1. The van der Waals surface area contributed by atoms with E-state index < -0.39 is 0 Å². The summed E-state index contributed by atoms with van der Waals surface area (Å²) in [7, 11) is 1.52. The number of nitrogens with one attached hydrogen (secondary N) is 1. The van der Waals surface area contributed by atoms with Crippen molar-refractivity contribution in [3.05, 3.63) is 48.9 Å². The third-order valence-electron chi connectivity index (χ3n) is 2.56. The topological polar surface area (TPSA) is 73.3 Å². The monoisotopic (exact) mass is 285 g/mol. The van der Waals surface area contributed by atoms with Crippen molar-refractivity contribution >= 4 is 11.6 Å². The first kappa shape index (κ1) is 14.5. The number of amides is 1. The molecule has 0 aliphatic carbocycles. The van der Waals surface area contributed by atoms with Crippen LogP contribution in [0.15, 0.2) is 43.1 Å². The van der Waals surface area contributed by atoms with Gasteiger partial charge in [-0.15, -0.1) is 0 Å². The zero-order valence-corrected chi connectivity index (χ0v) is 11.8. The molecule has 1 heterocycles. The van der Waals surface area contributed by atoms with E-state index >= 15 is 0 Å². The molecule has 1 amide bonds. The van der Waals surface area contributed by atoms with Crippen LogP contribution >= 0.6 is 0 Å². The number of anilines is 1. The lowest BCUT2D eigenvalue weighted by Crippen LogP contribution is -2.07. The molecule has 1 N–H and O–H groups in total. The van der Waals surface area contributed by atoms with Gasteiger partial charge in [-0.3, -0.25) is 4.79 Å². The number of nitrogens with zero attached hydrogens (tertiary/aromatic N) is 2. The van der Waals surface area contributed by atoms with Crippen LogP contribution in [0.2, 0.25) is 0 Å². The summed E-state index contributed by atoms with van der Waals surface area (Å²) in [6.07, 6.45) is 2.74. The van der Waals surface area contributed by atoms with Crippen molar-refractivity contribution in [3.8, 4) is 17.4 Å². The van der Waals surface area contributed by atoms with E-state index in [0.29, 0.717) is 28.9 Å². The van der Waals surface area contributed by atoms with Gasteiger partial charge in [0.15, 0.2) is 5.75 Å². The molecule has 0 bridgehead atoms. The van der Waals surface area contributed by atoms with Crippen molar-refractivity contribution < 1.29 is 14.3 Å². The second-order valence-corrected chi connectivity index (χ2v) is 4.11. The lowest BCUT2D eigenvalue weighted by atomic mass is 10.3. The molecule has 0 saturated carbocycles. The van der Waals surface area contributed by atoms with Crippen molar-refractivity contribution in [3.63, 3.8) is 0 Å². The van der Waals surface area contributed by atoms with E-state index in [-0.39, 0.29) is 5.91 Å². The molecule has 0 radical (unpaired) electrons. The minimum absolute atomic E-state index is 0.289. The number of carbonyl (C=O) groups excluding carboxylic acids is 1. The quantitative estimate of drug-likeness (QED) is 0.855. The molecular weight excluding hydrogens is 270 g/mol. The molecule has 0 spiro atoms. The van der Waals surface area contributed by atoms with Gasteiger partial charge >= 0.3 is 0 Å². The Bertz CT molecular complexity index is 671. The van der Waals surface area contributed by atoms with Gasteiger partial charge in [0.1, 0.15) is 11.6 Å². The maximum absolute atomic E-state index is 11.3. The zero-order valence-electron chi connectivity index (χ0n) is 11.8. The molecule has 1 aromatic heterocycles. The van der Waals surface area contributed by atoms with E-state index in [2.05, 4.69) is 21.9 Å². The van der Waals surface area contributed by atoms with Crippen LogP contribution in [-0.4, -0.2) is 23.0 Å². The van der Waals surface area contributed by atoms with Gasteiger partial charge in [-0.2, -0.15) is 4.98 Å². The van der Waals surface area contributed by atoms with E-state index in [0.717, 1.165) is 0 Å². The zero-order chi connectivity index (χ0) is 15.2. The molecule has 0 saturated heterocycles. The van der Waals surface area contributed by atoms with Gasteiger partial charge in [-0.05, 0) is 25.1 Å². The van der Waals surface area contributed by atoms with Gasteiger partial charge in [0.25, 0.3) is 5.88 Å². The highest BCUT2D eigenvalue weighted by molar-refractivity contribution is 5.98. The summed E-state index contributed by atoms with van der Waals surface area (Å²) >= 11 is 0. The lowest BCUT2D eigenvalue weighted by molar-refractivity contribution is -0.111. The Balaban J connectivity index is 2.23. The second kappa shape index (κ2) is 6.51. The van der Waals surface area contributed by atoms with Gasteiger partial charge in [-0.1, -0.05) is 12.6 Å². The number of benzene rings is 1. The maximum Gasteiger partial charge on any atom is 0.265 e. The summed E-state index contributed by atoms with van der Waals surface area (Å²) in [6, 6.07) is 6.93. The molecular formula is C15H15N3O3. The van der Waals surface area contributed by atoms with Crippen LogP contribution < -0.4 is 14.8 Å². The Morgan fingerprint density at radius 1 is 1.43 bits per heavy atom. The number of hydrogen-bond acceptors (Lipinski definition) is 5. The third kappa shape index (κ3) is 3.79. The Hall–Kier alpha value is -2.89. The Morgan fingerprint density at radius 3 is 2.95 bits per heavy atom. The second-order valence-electron chi connectivity index (χ2n) is 4.11. The van der Waals surface area contributed by atoms with Gasteiger partial charge in [0, 0.05) is 11.8 Å². The van der Waals surface area contributed by atoms with Crippen LogP contribution in [0.25, 0.3) is 0 Å². The van der Waals surface area contributed by atoms with Crippen molar-refractivity contribution in [1.29, 1.82) is 0 Å². The number of aryl methyl sites for hydroxylation is 1. The fourth-order valence-electron chi connectivity index (χ4n) is 1.59. The Morgan fingerprint density at radius 2 is 2.24 bits per heavy atom. The highest BCUT2D eigenvalue weighted by Gasteiger charge is 2.09. The lowest BCUT2D eigenvalue weighted by Gasteiger charge is -2.10. The fraction of sp³-hybridized carbons (Fsp3) is 0.133. The SMILES string of the molecule is C=CC(=O)Nc1cccc(Oc2nc(C)ncc2OC)c1. The van der Waals surface area contributed by atoms with Gasteiger partial charge in [0.2, 0.25) is 5.91 Å². The van der Waals surface area contributed by atoms with Crippen LogP contribution in [0, 0.1) is 6.92 Å². The smallest absolute Gasteiger partial charge is 0.265 e. The van der Waals surface area contributed by atoms with Crippen molar-refractivity contribution in [2.24, 2.45) is 0 Å². The number of rotatable bonds is 5. The average Bonchev–Trinajstić information content (AvgIpc) is 2.48. The van der Waals surface area contributed by atoms with E-state index in [1.165, 1.54) is 13.2 Å². The maximum atomic E-state index is 11.3. The highest BCUT2D eigenvalue weighted by atomic mass is 16.5. The predicted molar refractivity (Wildman–Crippen MR) is 78.7 cm³/mol. The fourth-order valence-corrected chi connectivity index (χ4v) is 1.59. The van der Waals surface area contributed by atoms with Gasteiger partial charge in [-0.25, -0.2) is 4.98 Å². The largest absolute Gasteiger partial charge is 0.490 e. The van der Waals surface area contributed by atoms with E-state index in [1.807, 2.05) is 0 Å². The average molecular weight is 285 g/mol. The summed E-state index contributed by atoms with van der Waals surface area (Å²) in [4.78, 5) is 19.5.